The topological polar surface area (TPSA) is 101 Å². The number of hydrogen-bond donors (Lipinski definition) is 0. The van der Waals surface area contributed by atoms with Gasteiger partial charge in [-0.2, -0.15) is 0 Å². The number of aromatic nitrogens is 4. The van der Waals surface area contributed by atoms with Crippen LogP contribution in [0, 0.1) is 6.92 Å². The summed E-state index contributed by atoms with van der Waals surface area (Å²) in [7, 11) is 0. The molecule has 0 bridgehead atoms. The Labute approximate surface area is 180 Å². The van der Waals surface area contributed by atoms with Gasteiger partial charge in [-0.05, 0) is 51.5 Å². The molecule has 0 aromatic carbocycles. The first-order valence-electron chi connectivity index (χ1n) is 11.0. The Morgan fingerprint density at radius 1 is 1.13 bits per heavy atom. The van der Waals surface area contributed by atoms with Crippen molar-refractivity contribution in [3.63, 3.8) is 0 Å². The maximum atomic E-state index is 13.1. The van der Waals surface area contributed by atoms with E-state index in [9.17, 15) is 14.4 Å². The van der Waals surface area contributed by atoms with Crippen molar-refractivity contribution >= 4 is 17.6 Å². The van der Waals surface area contributed by atoms with Gasteiger partial charge in [-0.3, -0.25) is 19.1 Å². The van der Waals surface area contributed by atoms with E-state index in [2.05, 4.69) is 4.98 Å². The molecule has 0 spiro atoms. The molecule has 2 aliphatic heterocycles. The number of carbonyl (C=O) groups is 2. The molecule has 5 rings (SSSR count). The largest absolute Gasteiger partial charge is 0.347 e. The van der Waals surface area contributed by atoms with Crippen molar-refractivity contribution in [2.45, 2.75) is 70.5 Å². The van der Waals surface area contributed by atoms with Crippen molar-refractivity contribution in [3.05, 3.63) is 46.0 Å². The average molecular weight is 422 g/mol. The lowest BCUT2D eigenvalue weighted by molar-refractivity contribution is -0.136. The lowest BCUT2D eigenvalue weighted by Gasteiger charge is -2.36. The molecular formula is C22H26N6O3. The maximum Gasteiger partial charge on any atom is 0.347 e. The zero-order valence-electron chi connectivity index (χ0n) is 17.7. The lowest BCUT2D eigenvalue weighted by atomic mass is 9.99. The van der Waals surface area contributed by atoms with Crippen LogP contribution in [0.2, 0.25) is 0 Å². The molecule has 9 heteroatoms. The van der Waals surface area contributed by atoms with Crippen LogP contribution in [0.15, 0.2) is 23.3 Å². The molecule has 0 N–H and O–H groups in total. The van der Waals surface area contributed by atoms with Crippen molar-refractivity contribution in [2.75, 3.05) is 11.4 Å². The summed E-state index contributed by atoms with van der Waals surface area (Å²) in [6, 6.07) is 1.63. The maximum absolute atomic E-state index is 13.1. The number of fused-ring (bicyclic) bond motifs is 1. The monoisotopic (exact) mass is 422 g/mol. The molecule has 1 aliphatic carbocycles. The number of hydrogen-bond acceptors (Lipinski definition) is 6. The minimum atomic E-state index is -0.441. The van der Waals surface area contributed by atoms with Gasteiger partial charge in [0.2, 0.25) is 11.8 Å². The van der Waals surface area contributed by atoms with Crippen LogP contribution in [-0.2, 0) is 22.6 Å². The van der Waals surface area contributed by atoms with Crippen LogP contribution in [0.5, 0.6) is 0 Å². The van der Waals surface area contributed by atoms with Gasteiger partial charge in [0.05, 0.1) is 6.04 Å². The van der Waals surface area contributed by atoms with Crippen LogP contribution in [0.1, 0.15) is 61.6 Å². The molecule has 4 heterocycles. The van der Waals surface area contributed by atoms with Crippen molar-refractivity contribution in [1.82, 2.24) is 24.4 Å². The van der Waals surface area contributed by atoms with Crippen molar-refractivity contribution in [2.24, 2.45) is 0 Å². The van der Waals surface area contributed by atoms with Gasteiger partial charge < -0.3 is 4.90 Å². The number of likely N-dealkylation sites (tertiary alicyclic amines) is 1. The number of aryl methyl sites for hydroxylation is 1. The predicted molar refractivity (Wildman–Crippen MR) is 112 cm³/mol. The molecule has 3 aliphatic rings. The molecule has 2 amide bonds. The zero-order valence-corrected chi connectivity index (χ0v) is 17.7. The SMILES string of the molecule is Cc1nc([C@@H]2CCCCN2C(=O)Cn2cccnc2=O)nc2c1CCC(=O)N2C1CC1. The minimum Gasteiger partial charge on any atom is -0.331 e. The van der Waals surface area contributed by atoms with Crippen LogP contribution in [0.4, 0.5) is 5.82 Å². The summed E-state index contributed by atoms with van der Waals surface area (Å²) in [5.74, 6) is 1.33. The first-order valence-corrected chi connectivity index (χ1v) is 11.0. The summed E-state index contributed by atoms with van der Waals surface area (Å²) in [5.41, 5.74) is 1.49. The van der Waals surface area contributed by atoms with E-state index in [-0.39, 0.29) is 30.4 Å². The second-order valence-electron chi connectivity index (χ2n) is 8.59. The highest BCUT2D eigenvalue weighted by molar-refractivity contribution is 5.96. The third-order valence-corrected chi connectivity index (χ3v) is 6.42. The highest BCUT2D eigenvalue weighted by atomic mass is 16.2. The Morgan fingerprint density at radius 3 is 2.74 bits per heavy atom. The lowest BCUT2D eigenvalue weighted by Crippen LogP contribution is -2.43. The number of nitrogens with zero attached hydrogens (tertiary/aromatic N) is 6. The average Bonchev–Trinajstić information content (AvgIpc) is 3.60. The highest BCUT2D eigenvalue weighted by Gasteiger charge is 2.40. The third kappa shape index (κ3) is 3.73. The van der Waals surface area contributed by atoms with Gasteiger partial charge in [0.15, 0.2) is 5.82 Å². The summed E-state index contributed by atoms with van der Waals surface area (Å²) in [6.45, 7) is 2.51. The molecule has 2 aromatic heterocycles. The van der Waals surface area contributed by atoms with Gasteiger partial charge in [0.1, 0.15) is 12.4 Å². The fourth-order valence-electron chi connectivity index (χ4n) is 4.67. The van der Waals surface area contributed by atoms with E-state index in [1.807, 2.05) is 11.8 Å². The summed E-state index contributed by atoms with van der Waals surface area (Å²) >= 11 is 0. The summed E-state index contributed by atoms with van der Waals surface area (Å²) < 4.78 is 1.32. The Morgan fingerprint density at radius 2 is 1.97 bits per heavy atom. The Kier molecular flexibility index (Phi) is 5.03. The van der Waals surface area contributed by atoms with E-state index in [0.717, 1.165) is 49.2 Å². The van der Waals surface area contributed by atoms with Gasteiger partial charge in [-0.15, -0.1) is 0 Å². The smallest absolute Gasteiger partial charge is 0.331 e. The quantitative estimate of drug-likeness (QED) is 0.741. The molecule has 1 atom stereocenters. The Balaban J connectivity index is 1.47. The molecule has 2 aromatic rings. The summed E-state index contributed by atoms with van der Waals surface area (Å²) in [5, 5.41) is 0. The number of amides is 2. The fourth-order valence-corrected chi connectivity index (χ4v) is 4.67. The Hall–Kier alpha value is -3.10. The van der Waals surface area contributed by atoms with Gasteiger partial charge in [-0.1, -0.05) is 0 Å². The molecule has 1 saturated heterocycles. The number of piperidine rings is 1. The predicted octanol–water partition coefficient (Wildman–Crippen LogP) is 1.54. The second kappa shape index (κ2) is 7.86. The van der Waals surface area contributed by atoms with Crippen LogP contribution >= 0.6 is 0 Å². The first kappa shape index (κ1) is 19.8. The van der Waals surface area contributed by atoms with Crippen molar-refractivity contribution in [1.29, 1.82) is 0 Å². The molecule has 0 unspecified atom stereocenters. The van der Waals surface area contributed by atoms with Gasteiger partial charge >= 0.3 is 5.69 Å². The van der Waals surface area contributed by atoms with E-state index >= 15 is 0 Å². The molecule has 0 radical (unpaired) electrons. The minimum absolute atomic E-state index is 0.0558. The zero-order chi connectivity index (χ0) is 21.5. The molecule has 1 saturated carbocycles. The summed E-state index contributed by atoms with van der Waals surface area (Å²) in [4.78, 5) is 54.7. The van der Waals surface area contributed by atoms with E-state index in [1.165, 1.54) is 10.8 Å². The number of carbonyl (C=O) groups excluding carboxylic acids is 2. The third-order valence-electron chi connectivity index (χ3n) is 6.42. The fraction of sp³-hybridized carbons (Fsp3) is 0.545. The normalized spacial score (nSPS) is 21.2. The van der Waals surface area contributed by atoms with Gasteiger partial charge in [0.25, 0.3) is 0 Å². The Bertz CT molecular complexity index is 1090. The van der Waals surface area contributed by atoms with Crippen LogP contribution in [0.25, 0.3) is 0 Å². The molecular weight excluding hydrogens is 396 g/mol. The van der Waals surface area contributed by atoms with Crippen LogP contribution in [0.3, 0.4) is 0 Å². The van der Waals surface area contributed by atoms with E-state index in [4.69, 9.17) is 9.97 Å². The second-order valence-corrected chi connectivity index (χ2v) is 8.59. The highest BCUT2D eigenvalue weighted by Crippen LogP contribution is 2.39. The van der Waals surface area contributed by atoms with E-state index < -0.39 is 5.69 Å². The van der Waals surface area contributed by atoms with E-state index in [0.29, 0.717) is 25.2 Å². The molecule has 31 heavy (non-hydrogen) atoms. The number of anilines is 1. The molecule has 9 nitrogen and oxygen atoms in total. The van der Waals surface area contributed by atoms with Crippen molar-refractivity contribution in [3.8, 4) is 0 Å². The standard InChI is InChI=1S/C22H26N6O3/c1-14-16-8-9-18(29)28(15-6-7-15)21(16)25-20(24-14)17-5-2-3-12-27(17)19(30)13-26-11-4-10-23-22(26)31/h4,10-11,15,17H,2-3,5-9,12-13H2,1H3/t17-/m0/s1. The van der Waals surface area contributed by atoms with Crippen LogP contribution in [-0.4, -0.2) is 48.8 Å². The van der Waals surface area contributed by atoms with Gasteiger partial charge in [0, 0.05) is 42.7 Å². The summed E-state index contributed by atoms with van der Waals surface area (Å²) in [6.07, 6.45) is 8.83. The first-order chi connectivity index (χ1) is 15.0. The van der Waals surface area contributed by atoms with Crippen LogP contribution < -0.4 is 10.6 Å². The molecule has 2 fully saturated rings. The number of rotatable bonds is 4. The van der Waals surface area contributed by atoms with Gasteiger partial charge in [-0.25, -0.2) is 19.7 Å². The van der Waals surface area contributed by atoms with E-state index in [1.54, 1.807) is 17.2 Å². The van der Waals surface area contributed by atoms with Crippen molar-refractivity contribution < 1.29 is 9.59 Å². The molecule has 162 valence electrons.